The molecule has 0 saturated heterocycles. The molecule has 1 N–H and O–H groups in total. The van der Waals surface area contributed by atoms with Gasteiger partial charge < -0.3 is 9.47 Å². The Labute approximate surface area is 95.9 Å². The Hall–Kier alpha value is -0.700. The van der Waals surface area contributed by atoms with E-state index >= 15 is 0 Å². The second-order valence-electron chi connectivity index (χ2n) is 3.04. The van der Waals surface area contributed by atoms with Crippen LogP contribution in [0.15, 0.2) is 0 Å². The van der Waals surface area contributed by atoms with E-state index in [9.17, 15) is 13.2 Å². The van der Waals surface area contributed by atoms with Crippen LogP contribution in [0.4, 0.5) is 0 Å². The molecule has 0 amide bonds. The van der Waals surface area contributed by atoms with Gasteiger partial charge in [0.05, 0.1) is 20.1 Å². The van der Waals surface area contributed by atoms with Crippen LogP contribution < -0.4 is 4.72 Å². The van der Waals surface area contributed by atoms with Crippen LogP contribution in [0.3, 0.4) is 0 Å². The first-order valence-electron chi connectivity index (χ1n) is 4.70. The zero-order valence-electron chi connectivity index (χ0n) is 9.73. The van der Waals surface area contributed by atoms with Crippen molar-refractivity contribution in [3.05, 3.63) is 0 Å². The first kappa shape index (κ1) is 15.3. The lowest BCUT2D eigenvalue weighted by Crippen LogP contribution is -2.40. The van der Waals surface area contributed by atoms with Crippen molar-refractivity contribution < 1.29 is 22.7 Å². The van der Waals surface area contributed by atoms with E-state index in [0.717, 1.165) is 4.31 Å². The second-order valence-corrected chi connectivity index (χ2v) is 4.90. The Morgan fingerprint density at radius 2 is 2.00 bits per heavy atom. The van der Waals surface area contributed by atoms with E-state index < -0.39 is 16.2 Å². The monoisotopic (exact) mass is 254 g/mol. The molecule has 0 aromatic rings. The van der Waals surface area contributed by atoms with E-state index in [0.29, 0.717) is 6.61 Å². The van der Waals surface area contributed by atoms with Crippen molar-refractivity contribution >= 4 is 16.2 Å². The van der Waals surface area contributed by atoms with E-state index in [4.69, 9.17) is 4.74 Å². The molecule has 7 nitrogen and oxygen atoms in total. The topological polar surface area (TPSA) is 84.9 Å². The molecule has 0 aromatic carbocycles. The number of esters is 1. The summed E-state index contributed by atoms with van der Waals surface area (Å²) in [5, 5.41) is 0. The number of methoxy groups -OCH3 is 2. The second kappa shape index (κ2) is 7.55. The molecule has 0 saturated carbocycles. The van der Waals surface area contributed by atoms with Crippen LogP contribution in [0.2, 0.25) is 0 Å². The fraction of sp³-hybridized carbons (Fsp3) is 0.875. The van der Waals surface area contributed by atoms with Gasteiger partial charge in [-0.25, -0.2) is 0 Å². The van der Waals surface area contributed by atoms with Gasteiger partial charge >= 0.3 is 5.97 Å². The van der Waals surface area contributed by atoms with Gasteiger partial charge in [-0.2, -0.15) is 17.4 Å². The summed E-state index contributed by atoms with van der Waals surface area (Å²) in [6, 6.07) is 0. The normalized spacial score (nSPS) is 11.8. The summed E-state index contributed by atoms with van der Waals surface area (Å²) in [5.74, 6) is -0.445. The van der Waals surface area contributed by atoms with Gasteiger partial charge in [0.25, 0.3) is 10.2 Å². The smallest absolute Gasteiger partial charge is 0.306 e. The molecule has 0 heterocycles. The third kappa shape index (κ3) is 6.01. The van der Waals surface area contributed by atoms with Crippen molar-refractivity contribution in [2.75, 3.05) is 41.0 Å². The Morgan fingerprint density at radius 3 is 2.50 bits per heavy atom. The summed E-state index contributed by atoms with van der Waals surface area (Å²) in [7, 11) is 0.585. The fourth-order valence-electron chi connectivity index (χ4n) is 0.854. The van der Waals surface area contributed by atoms with E-state index in [1.807, 2.05) is 0 Å². The van der Waals surface area contributed by atoms with E-state index in [1.54, 1.807) is 0 Å². The van der Waals surface area contributed by atoms with Crippen molar-refractivity contribution in [3.8, 4) is 0 Å². The van der Waals surface area contributed by atoms with E-state index in [1.165, 1.54) is 21.3 Å². The maximum Gasteiger partial charge on any atom is 0.306 e. The Bertz CT molecular complexity index is 304. The Balaban J connectivity index is 4.04. The van der Waals surface area contributed by atoms with Gasteiger partial charge in [0.1, 0.15) is 0 Å². The molecule has 0 rings (SSSR count). The molecule has 16 heavy (non-hydrogen) atoms. The number of carbonyl (C=O) groups is 1. The van der Waals surface area contributed by atoms with Crippen molar-refractivity contribution in [1.82, 2.24) is 9.03 Å². The van der Waals surface area contributed by atoms with Crippen LogP contribution in [-0.4, -0.2) is 59.7 Å². The molecule has 0 aliphatic carbocycles. The minimum atomic E-state index is -3.54. The van der Waals surface area contributed by atoms with Gasteiger partial charge in [-0.3, -0.25) is 4.79 Å². The number of rotatable bonds is 8. The first-order chi connectivity index (χ1) is 7.44. The quantitative estimate of drug-likeness (QED) is 0.442. The van der Waals surface area contributed by atoms with E-state index in [2.05, 4.69) is 9.46 Å². The van der Waals surface area contributed by atoms with Gasteiger partial charge in [-0.05, 0) is 0 Å². The van der Waals surface area contributed by atoms with Crippen LogP contribution in [0.5, 0.6) is 0 Å². The van der Waals surface area contributed by atoms with Crippen LogP contribution in [0.1, 0.15) is 6.42 Å². The molecule has 0 atom stereocenters. The predicted octanol–water partition coefficient (Wildman–Crippen LogP) is -1.04. The summed E-state index contributed by atoms with van der Waals surface area (Å²) < 4.78 is 35.5. The molecule has 96 valence electrons. The van der Waals surface area contributed by atoms with Crippen molar-refractivity contribution in [2.24, 2.45) is 0 Å². The number of nitrogens with zero attached hydrogens (tertiary/aromatic N) is 1. The van der Waals surface area contributed by atoms with Crippen molar-refractivity contribution in [1.29, 1.82) is 0 Å². The number of hydrogen-bond donors (Lipinski definition) is 1. The summed E-state index contributed by atoms with van der Waals surface area (Å²) in [5.41, 5.74) is 0. The first-order valence-corrected chi connectivity index (χ1v) is 6.14. The summed E-state index contributed by atoms with van der Waals surface area (Å²) >= 11 is 0. The maximum absolute atomic E-state index is 11.5. The van der Waals surface area contributed by atoms with E-state index in [-0.39, 0.29) is 19.5 Å². The zero-order valence-corrected chi connectivity index (χ0v) is 10.5. The number of carbonyl (C=O) groups excluding carboxylic acids is 1. The van der Waals surface area contributed by atoms with Gasteiger partial charge in [-0.1, -0.05) is 0 Å². The highest BCUT2D eigenvalue weighted by Crippen LogP contribution is 1.96. The van der Waals surface area contributed by atoms with Crippen LogP contribution in [-0.2, 0) is 24.5 Å². The fourth-order valence-corrected chi connectivity index (χ4v) is 1.75. The Kier molecular flexibility index (Phi) is 7.22. The SMILES string of the molecule is COCCNS(=O)(=O)N(C)CCC(=O)OC. The summed E-state index contributed by atoms with van der Waals surface area (Å²) in [6.07, 6.45) is 0.0260. The minimum absolute atomic E-state index is 0.0260. The average molecular weight is 254 g/mol. The van der Waals surface area contributed by atoms with Crippen molar-refractivity contribution in [3.63, 3.8) is 0 Å². The lowest BCUT2D eigenvalue weighted by molar-refractivity contribution is -0.140. The highest BCUT2D eigenvalue weighted by atomic mass is 32.2. The largest absolute Gasteiger partial charge is 0.469 e. The maximum atomic E-state index is 11.5. The molecule has 0 bridgehead atoms. The zero-order chi connectivity index (χ0) is 12.6. The van der Waals surface area contributed by atoms with Crippen LogP contribution >= 0.6 is 0 Å². The molecular formula is C8H18N2O5S. The molecule has 0 radical (unpaired) electrons. The lowest BCUT2D eigenvalue weighted by atomic mass is 10.4. The average Bonchev–Trinajstić information content (AvgIpc) is 2.25. The molecule has 0 aliphatic heterocycles. The highest BCUT2D eigenvalue weighted by molar-refractivity contribution is 7.87. The molecule has 0 aromatic heterocycles. The predicted molar refractivity (Wildman–Crippen MR) is 58.1 cm³/mol. The number of ether oxygens (including phenoxy) is 2. The molecular weight excluding hydrogens is 236 g/mol. The molecule has 0 aliphatic rings. The lowest BCUT2D eigenvalue weighted by Gasteiger charge is -2.16. The Morgan fingerprint density at radius 1 is 1.38 bits per heavy atom. The summed E-state index contributed by atoms with van der Waals surface area (Å²) in [6.45, 7) is 0.570. The number of nitrogens with one attached hydrogen (secondary N) is 1. The van der Waals surface area contributed by atoms with Crippen LogP contribution in [0.25, 0.3) is 0 Å². The van der Waals surface area contributed by atoms with Gasteiger partial charge in [0.15, 0.2) is 0 Å². The third-order valence-electron chi connectivity index (χ3n) is 1.86. The molecule has 0 fully saturated rings. The molecule has 0 unspecified atom stereocenters. The van der Waals surface area contributed by atoms with Gasteiger partial charge in [0.2, 0.25) is 0 Å². The number of hydrogen-bond acceptors (Lipinski definition) is 5. The molecule has 8 heteroatoms. The minimum Gasteiger partial charge on any atom is -0.469 e. The highest BCUT2D eigenvalue weighted by Gasteiger charge is 2.17. The van der Waals surface area contributed by atoms with Crippen LogP contribution in [0, 0.1) is 0 Å². The van der Waals surface area contributed by atoms with Gasteiger partial charge in [0, 0.05) is 27.2 Å². The van der Waals surface area contributed by atoms with Crippen molar-refractivity contribution in [2.45, 2.75) is 6.42 Å². The van der Waals surface area contributed by atoms with Gasteiger partial charge in [-0.15, -0.1) is 0 Å². The standard InChI is InChI=1S/C8H18N2O5S/c1-10(6-4-8(11)15-3)16(12,13)9-5-7-14-2/h9H,4-7H2,1-3H3. The third-order valence-corrected chi connectivity index (χ3v) is 3.43. The molecule has 0 spiro atoms. The summed E-state index contributed by atoms with van der Waals surface area (Å²) in [4.78, 5) is 10.8.